The van der Waals surface area contributed by atoms with E-state index in [0.717, 1.165) is 12.8 Å². The highest BCUT2D eigenvalue weighted by atomic mass is 16.4. The van der Waals surface area contributed by atoms with Gasteiger partial charge in [0.05, 0.1) is 12.0 Å². The molecule has 128 valence electrons. The molecule has 1 aromatic carbocycles. The number of anilines is 1. The number of amides is 1. The number of rotatable bonds is 5. The largest absolute Gasteiger partial charge is 0.481 e. The summed E-state index contributed by atoms with van der Waals surface area (Å²) >= 11 is 0. The molecule has 1 saturated heterocycles. The van der Waals surface area contributed by atoms with Gasteiger partial charge in [-0.3, -0.25) is 19.3 Å². The number of fused-ring (bicyclic) bond motifs is 1. The van der Waals surface area contributed by atoms with Crippen molar-refractivity contribution in [2.45, 2.75) is 26.2 Å². The van der Waals surface area contributed by atoms with Gasteiger partial charge in [0.25, 0.3) is 0 Å². The van der Waals surface area contributed by atoms with E-state index in [2.05, 4.69) is 5.32 Å². The zero-order valence-electron chi connectivity index (χ0n) is 13.7. The number of nitrogens with one attached hydrogen (secondary N) is 1. The highest BCUT2D eigenvalue weighted by molar-refractivity contribution is 5.97. The molecule has 0 unspecified atom stereocenters. The molecule has 0 radical (unpaired) electrons. The second kappa shape index (κ2) is 6.36. The molecule has 1 aliphatic carbocycles. The van der Waals surface area contributed by atoms with Gasteiger partial charge in [-0.15, -0.1) is 0 Å². The zero-order chi connectivity index (χ0) is 17.3. The number of carbonyl (C=O) groups is 3. The molecule has 0 bridgehead atoms. The van der Waals surface area contributed by atoms with Gasteiger partial charge < -0.3 is 10.4 Å². The van der Waals surface area contributed by atoms with Crippen LogP contribution in [0.5, 0.6) is 0 Å². The third-order valence-corrected chi connectivity index (χ3v) is 5.29. The first-order valence-electron chi connectivity index (χ1n) is 8.27. The SMILES string of the molecule is CC(=O)c1cccc(NC(=O)CN2C[C@@H]3CCC[C@@]3(C(=O)O)C2)c1. The highest BCUT2D eigenvalue weighted by Crippen LogP contribution is 2.48. The number of likely N-dealkylation sites (tertiary alicyclic amines) is 1. The van der Waals surface area contributed by atoms with Crippen molar-refractivity contribution >= 4 is 23.3 Å². The predicted molar refractivity (Wildman–Crippen MR) is 88.9 cm³/mol. The minimum Gasteiger partial charge on any atom is -0.481 e. The molecular weight excluding hydrogens is 308 g/mol. The van der Waals surface area contributed by atoms with E-state index in [1.807, 2.05) is 4.90 Å². The summed E-state index contributed by atoms with van der Waals surface area (Å²) in [5, 5.41) is 12.4. The maximum Gasteiger partial charge on any atom is 0.311 e. The van der Waals surface area contributed by atoms with Crippen LogP contribution in [0.2, 0.25) is 0 Å². The Balaban J connectivity index is 1.61. The van der Waals surface area contributed by atoms with Gasteiger partial charge in [-0.2, -0.15) is 0 Å². The molecule has 2 N–H and O–H groups in total. The number of hydrogen-bond acceptors (Lipinski definition) is 4. The molecule has 2 aliphatic rings. The Kier molecular flexibility index (Phi) is 4.41. The summed E-state index contributed by atoms with van der Waals surface area (Å²) in [6.45, 7) is 2.76. The standard InChI is InChI=1S/C18H22N2O4/c1-12(21)13-4-2-6-15(8-13)19-16(22)10-20-9-14-5-3-7-18(14,11-20)17(23)24/h2,4,6,8,14H,3,5,7,9-11H2,1H3,(H,19,22)(H,23,24)/t14-,18+/m0/s1. The van der Waals surface area contributed by atoms with Gasteiger partial charge in [-0.1, -0.05) is 18.6 Å². The van der Waals surface area contributed by atoms with E-state index in [-0.39, 0.29) is 24.2 Å². The average Bonchev–Trinajstić information content (AvgIpc) is 3.05. The van der Waals surface area contributed by atoms with Crippen LogP contribution in [0.4, 0.5) is 5.69 Å². The van der Waals surface area contributed by atoms with Gasteiger partial charge >= 0.3 is 5.97 Å². The van der Waals surface area contributed by atoms with Crippen molar-refractivity contribution in [2.75, 3.05) is 25.0 Å². The number of ketones is 1. The molecule has 1 aromatic rings. The van der Waals surface area contributed by atoms with Crippen molar-refractivity contribution in [2.24, 2.45) is 11.3 Å². The Bertz CT molecular complexity index is 687. The Morgan fingerprint density at radius 2 is 2.17 bits per heavy atom. The molecule has 6 heteroatoms. The lowest BCUT2D eigenvalue weighted by Crippen LogP contribution is -2.37. The number of Topliss-reactive ketones (excluding diaryl/α,β-unsaturated/α-hetero) is 1. The zero-order valence-corrected chi connectivity index (χ0v) is 13.7. The maximum atomic E-state index is 12.3. The van der Waals surface area contributed by atoms with Gasteiger partial charge in [0, 0.05) is 24.3 Å². The quantitative estimate of drug-likeness (QED) is 0.807. The molecule has 24 heavy (non-hydrogen) atoms. The summed E-state index contributed by atoms with van der Waals surface area (Å²) in [6.07, 6.45) is 2.58. The summed E-state index contributed by atoms with van der Waals surface area (Å²) < 4.78 is 0. The van der Waals surface area contributed by atoms with Crippen LogP contribution in [0.1, 0.15) is 36.5 Å². The van der Waals surface area contributed by atoms with Crippen LogP contribution in [0.15, 0.2) is 24.3 Å². The van der Waals surface area contributed by atoms with Crippen LogP contribution in [-0.4, -0.2) is 47.3 Å². The van der Waals surface area contributed by atoms with Crippen molar-refractivity contribution < 1.29 is 19.5 Å². The highest BCUT2D eigenvalue weighted by Gasteiger charge is 2.54. The number of aliphatic carboxylic acids is 1. The summed E-state index contributed by atoms with van der Waals surface area (Å²) in [5.74, 6) is -0.830. The van der Waals surface area contributed by atoms with Crippen LogP contribution in [0, 0.1) is 11.3 Å². The van der Waals surface area contributed by atoms with Crippen molar-refractivity contribution in [3.05, 3.63) is 29.8 Å². The number of carbonyl (C=O) groups excluding carboxylic acids is 2. The molecule has 2 fully saturated rings. The van der Waals surface area contributed by atoms with E-state index >= 15 is 0 Å². The van der Waals surface area contributed by atoms with Crippen LogP contribution < -0.4 is 5.32 Å². The van der Waals surface area contributed by atoms with Gasteiger partial charge in [0.15, 0.2) is 5.78 Å². The molecule has 1 heterocycles. The van der Waals surface area contributed by atoms with Crippen molar-refractivity contribution in [3.63, 3.8) is 0 Å². The fourth-order valence-corrected chi connectivity index (χ4v) is 4.08. The molecule has 0 aromatic heterocycles. The van der Waals surface area contributed by atoms with Crippen LogP contribution in [0.3, 0.4) is 0 Å². The lowest BCUT2D eigenvalue weighted by Gasteiger charge is -2.23. The van der Waals surface area contributed by atoms with Crippen molar-refractivity contribution in [1.29, 1.82) is 0 Å². The normalized spacial score (nSPS) is 26.1. The summed E-state index contributed by atoms with van der Waals surface area (Å²) in [4.78, 5) is 37.3. The third-order valence-electron chi connectivity index (χ3n) is 5.29. The molecule has 1 amide bonds. The molecule has 0 spiro atoms. The summed E-state index contributed by atoms with van der Waals surface area (Å²) in [5.41, 5.74) is 0.461. The second-order valence-corrected chi connectivity index (χ2v) is 6.91. The first-order chi connectivity index (χ1) is 11.4. The van der Waals surface area contributed by atoms with Crippen molar-refractivity contribution in [3.8, 4) is 0 Å². The second-order valence-electron chi connectivity index (χ2n) is 6.91. The molecular formula is C18H22N2O4. The Hall–Kier alpha value is -2.21. The number of nitrogens with zero attached hydrogens (tertiary/aromatic N) is 1. The number of carboxylic acids is 1. The first-order valence-corrected chi connectivity index (χ1v) is 8.27. The van der Waals surface area contributed by atoms with Gasteiger partial charge in [-0.25, -0.2) is 0 Å². The molecule has 6 nitrogen and oxygen atoms in total. The van der Waals surface area contributed by atoms with Crippen LogP contribution in [0.25, 0.3) is 0 Å². The van der Waals surface area contributed by atoms with E-state index < -0.39 is 11.4 Å². The van der Waals surface area contributed by atoms with Gasteiger partial charge in [0.2, 0.25) is 5.91 Å². The van der Waals surface area contributed by atoms with E-state index in [1.54, 1.807) is 24.3 Å². The fraction of sp³-hybridized carbons (Fsp3) is 0.500. The minimum atomic E-state index is -0.734. The van der Waals surface area contributed by atoms with E-state index in [4.69, 9.17) is 0 Å². The molecule has 1 aliphatic heterocycles. The van der Waals surface area contributed by atoms with E-state index in [1.165, 1.54) is 6.92 Å². The molecule has 3 rings (SSSR count). The van der Waals surface area contributed by atoms with E-state index in [9.17, 15) is 19.5 Å². The van der Waals surface area contributed by atoms with Gasteiger partial charge in [-0.05, 0) is 37.8 Å². The molecule has 1 saturated carbocycles. The lowest BCUT2D eigenvalue weighted by molar-refractivity contribution is -0.149. The predicted octanol–water partition coefficient (Wildman–Crippen LogP) is 2.01. The lowest BCUT2D eigenvalue weighted by atomic mass is 9.81. The molecule has 2 atom stereocenters. The first kappa shape index (κ1) is 16.6. The number of benzene rings is 1. The topological polar surface area (TPSA) is 86.7 Å². The number of hydrogen-bond donors (Lipinski definition) is 2. The summed E-state index contributed by atoms with van der Waals surface area (Å²) in [7, 11) is 0. The van der Waals surface area contributed by atoms with Crippen LogP contribution in [-0.2, 0) is 9.59 Å². The Morgan fingerprint density at radius 1 is 1.38 bits per heavy atom. The van der Waals surface area contributed by atoms with Gasteiger partial charge in [0.1, 0.15) is 0 Å². The monoisotopic (exact) mass is 330 g/mol. The Labute approximate surface area is 140 Å². The Morgan fingerprint density at radius 3 is 2.83 bits per heavy atom. The minimum absolute atomic E-state index is 0.0538. The maximum absolute atomic E-state index is 12.3. The number of carboxylic acid groups (broad SMARTS) is 1. The smallest absolute Gasteiger partial charge is 0.311 e. The fourth-order valence-electron chi connectivity index (χ4n) is 4.08. The van der Waals surface area contributed by atoms with Crippen molar-refractivity contribution in [1.82, 2.24) is 4.90 Å². The third kappa shape index (κ3) is 3.06. The summed E-state index contributed by atoms with van der Waals surface area (Å²) in [6, 6.07) is 6.82. The van der Waals surface area contributed by atoms with E-state index in [0.29, 0.717) is 30.8 Å². The average molecular weight is 330 g/mol. The van der Waals surface area contributed by atoms with Crippen LogP contribution >= 0.6 is 0 Å².